The van der Waals surface area contributed by atoms with E-state index < -0.39 is 14.9 Å². The van der Waals surface area contributed by atoms with Crippen molar-refractivity contribution in [1.29, 1.82) is 0 Å². The summed E-state index contributed by atoms with van der Waals surface area (Å²) in [5.74, 6) is 0. The molecule has 0 heterocycles. The molecule has 0 aromatic rings. The lowest BCUT2D eigenvalue weighted by atomic mass is 9.90. The van der Waals surface area contributed by atoms with Gasteiger partial charge in [0.25, 0.3) is 10.1 Å². The van der Waals surface area contributed by atoms with Gasteiger partial charge >= 0.3 is 0 Å². The summed E-state index contributed by atoms with van der Waals surface area (Å²) in [6, 6.07) is 0. The Hall–Kier alpha value is -0.610. The third kappa shape index (κ3) is 2.74. The molecule has 0 amide bonds. The highest BCUT2D eigenvalue weighted by Crippen LogP contribution is 2.33. The number of hydrogen-bond acceptors (Lipinski definition) is 2. The van der Waals surface area contributed by atoms with Crippen LogP contribution < -0.4 is 0 Å². The van der Waals surface area contributed by atoms with Gasteiger partial charge in [-0.15, -0.1) is 0 Å². The van der Waals surface area contributed by atoms with Crippen molar-refractivity contribution in [2.75, 3.05) is 0 Å². The van der Waals surface area contributed by atoms with Crippen LogP contribution in [0.3, 0.4) is 0 Å². The van der Waals surface area contributed by atoms with E-state index in [4.69, 9.17) is 0 Å². The Kier molecular flexibility index (Phi) is 4.33. The van der Waals surface area contributed by atoms with Gasteiger partial charge in [0.05, 0.1) is 0 Å². The zero-order chi connectivity index (χ0) is 12.2. The molecule has 0 aromatic heterocycles. The van der Waals surface area contributed by atoms with Gasteiger partial charge in [-0.1, -0.05) is 50.5 Å². The van der Waals surface area contributed by atoms with Crippen molar-refractivity contribution in [3.63, 3.8) is 0 Å². The van der Waals surface area contributed by atoms with E-state index in [0.29, 0.717) is 12.8 Å². The van der Waals surface area contributed by atoms with E-state index >= 15 is 0 Å². The average molecular weight is 244 g/mol. The lowest BCUT2D eigenvalue weighted by molar-refractivity contribution is 0.433. The van der Waals surface area contributed by atoms with Crippen LogP contribution >= 0.6 is 0 Å². The van der Waals surface area contributed by atoms with Crippen LogP contribution in [0.4, 0.5) is 0 Å². The Morgan fingerprint density at radius 3 is 2.44 bits per heavy atom. The van der Waals surface area contributed by atoms with E-state index in [1.54, 1.807) is 6.08 Å². The van der Waals surface area contributed by atoms with E-state index in [9.17, 15) is 13.0 Å². The zero-order valence-electron chi connectivity index (χ0n) is 9.94. The molecule has 0 fully saturated rings. The van der Waals surface area contributed by atoms with Gasteiger partial charge in [0.2, 0.25) is 0 Å². The highest BCUT2D eigenvalue weighted by Gasteiger charge is 2.39. The van der Waals surface area contributed by atoms with E-state index in [2.05, 4.69) is 6.92 Å². The molecule has 4 heteroatoms. The fourth-order valence-electron chi connectivity index (χ4n) is 2.10. The molecule has 0 saturated carbocycles. The molecule has 3 nitrogen and oxygen atoms in total. The molecule has 1 unspecified atom stereocenters. The van der Waals surface area contributed by atoms with Crippen molar-refractivity contribution in [2.24, 2.45) is 0 Å². The fraction of sp³-hybridized carbons (Fsp3) is 0.667. The summed E-state index contributed by atoms with van der Waals surface area (Å²) >= 11 is 0. The topological polar surface area (TPSA) is 54.4 Å². The van der Waals surface area contributed by atoms with Gasteiger partial charge in [0.15, 0.2) is 0 Å². The fourth-order valence-corrected chi connectivity index (χ4v) is 3.10. The van der Waals surface area contributed by atoms with Crippen molar-refractivity contribution in [3.05, 3.63) is 23.8 Å². The lowest BCUT2D eigenvalue weighted by Crippen LogP contribution is -2.36. The highest BCUT2D eigenvalue weighted by molar-refractivity contribution is 7.87. The number of hydrogen-bond donors (Lipinski definition) is 1. The first kappa shape index (κ1) is 13.5. The zero-order valence-corrected chi connectivity index (χ0v) is 10.8. The second kappa shape index (κ2) is 5.15. The molecule has 0 aliphatic heterocycles. The Labute approximate surface area is 98.0 Å². The average Bonchev–Trinajstić information content (AvgIpc) is 2.20. The molecule has 1 aliphatic rings. The first-order valence-corrected chi connectivity index (χ1v) is 7.24. The molecule has 0 radical (unpaired) electrons. The molecule has 0 spiro atoms. The quantitative estimate of drug-likeness (QED) is 0.756. The summed E-state index contributed by atoms with van der Waals surface area (Å²) in [5.41, 5.74) is 1.16. The molecule has 1 rings (SSSR count). The normalized spacial score (nSPS) is 25.6. The van der Waals surface area contributed by atoms with Crippen molar-refractivity contribution < 1.29 is 13.0 Å². The van der Waals surface area contributed by atoms with Crippen molar-refractivity contribution in [3.8, 4) is 0 Å². The smallest absolute Gasteiger partial charge is 0.274 e. The van der Waals surface area contributed by atoms with Gasteiger partial charge in [-0.25, -0.2) is 0 Å². The van der Waals surface area contributed by atoms with Crippen molar-refractivity contribution in [1.82, 2.24) is 0 Å². The summed E-state index contributed by atoms with van der Waals surface area (Å²) < 4.78 is 31.1. The maximum absolute atomic E-state index is 11.4. The van der Waals surface area contributed by atoms with E-state index in [-0.39, 0.29) is 0 Å². The summed E-state index contributed by atoms with van der Waals surface area (Å²) in [6.07, 6.45) is 9.05. The molecular formula is C12H20O3S. The second-order valence-corrected chi connectivity index (χ2v) is 6.12. The van der Waals surface area contributed by atoms with Crippen LogP contribution in [0.15, 0.2) is 23.8 Å². The van der Waals surface area contributed by atoms with E-state index in [1.165, 1.54) is 0 Å². The van der Waals surface area contributed by atoms with E-state index in [0.717, 1.165) is 24.8 Å². The summed E-state index contributed by atoms with van der Waals surface area (Å²) in [4.78, 5) is 0. The number of allylic oxidation sites excluding steroid dienone is 3. The molecule has 0 bridgehead atoms. The molecule has 16 heavy (non-hydrogen) atoms. The van der Waals surface area contributed by atoms with Crippen LogP contribution in [0.5, 0.6) is 0 Å². The molecule has 1 aliphatic carbocycles. The molecular weight excluding hydrogens is 224 g/mol. The minimum atomic E-state index is -4.02. The monoisotopic (exact) mass is 244 g/mol. The minimum Gasteiger partial charge on any atom is -0.285 e. The lowest BCUT2D eigenvalue weighted by Gasteiger charge is -2.28. The van der Waals surface area contributed by atoms with Crippen LogP contribution in [-0.2, 0) is 10.1 Å². The standard InChI is InChI=1S/C12H20O3S/c1-3-5-11-6-9-12(8-4-2,10-7-11)16(13,14)15/h6-7,9H,3-5,8,10H2,1-2H3,(H,13,14,15). The highest BCUT2D eigenvalue weighted by atomic mass is 32.2. The SMILES string of the molecule is CCCC1=CCC(CCC)(S(=O)(=O)O)C=C1. The third-order valence-corrected chi connectivity index (χ3v) is 4.57. The van der Waals surface area contributed by atoms with Crippen LogP contribution in [0, 0.1) is 0 Å². The number of rotatable bonds is 5. The Morgan fingerprint density at radius 2 is 2.06 bits per heavy atom. The van der Waals surface area contributed by atoms with Gasteiger partial charge in [-0.05, 0) is 19.3 Å². The van der Waals surface area contributed by atoms with Crippen LogP contribution in [-0.4, -0.2) is 17.7 Å². The van der Waals surface area contributed by atoms with Crippen LogP contribution in [0.2, 0.25) is 0 Å². The largest absolute Gasteiger partial charge is 0.285 e. The summed E-state index contributed by atoms with van der Waals surface area (Å²) in [7, 11) is -4.02. The Balaban J connectivity index is 2.92. The Morgan fingerprint density at radius 1 is 1.38 bits per heavy atom. The molecule has 0 aromatic carbocycles. The van der Waals surface area contributed by atoms with Crippen molar-refractivity contribution in [2.45, 2.75) is 50.7 Å². The summed E-state index contributed by atoms with van der Waals surface area (Å²) in [6.45, 7) is 4.01. The van der Waals surface area contributed by atoms with Gasteiger partial charge in [-0.3, -0.25) is 4.55 Å². The van der Waals surface area contributed by atoms with Crippen molar-refractivity contribution >= 4 is 10.1 Å². The Bertz CT molecular complexity index is 392. The maximum atomic E-state index is 11.4. The van der Waals surface area contributed by atoms with Gasteiger partial charge in [0.1, 0.15) is 4.75 Å². The third-order valence-electron chi connectivity index (χ3n) is 3.04. The predicted molar refractivity (Wildman–Crippen MR) is 65.9 cm³/mol. The molecule has 1 N–H and O–H groups in total. The van der Waals surface area contributed by atoms with Crippen LogP contribution in [0.1, 0.15) is 46.0 Å². The predicted octanol–water partition coefficient (Wildman–Crippen LogP) is 3.10. The van der Waals surface area contributed by atoms with Gasteiger partial charge < -0.3 is 0 Å². The second-order valence-electron chi connectivity index (χ2n) is 4.36. The summed E-state index contributed by atoms with van der Waals surface area (Å²) in [5, 5.41) is 0. The first-order chi connectivity index (χ1) is 7.45. The molecule has 0 saturated heterocycles. The molecule has 1 atom stereocenters. The van der Waals surface area contributed by atoms with Crippen LogP contribution in [0.25, 0.3) is 0 Å². The van der Waals surface area contributed by atoms with E-state index in [1.807, 2.05) is 19.1 Å². The minimum absolute atomic E-state index is 0.394. The first-order valence-electron chi connectivity index (χ1n) is 5.80. The molecule has 92 valence electrons. The van der Waals surface area contributed by atoms with Gasteiger partial charge in [-0.2, -0.15) is 8.42 Å². The maximum Gasteiger partial charge on any atom is 0.274 e. The van der Waals surface area contributed by atoms with Gasteiger partial charge in [0, 0.05) is 0 Å².